The zero-order valence-corrected chi connectivity index (χ0v) is 19.9. The SMILES string of the molecule is NCCOc1ccc(CCc2nc(N3CCC[C@@H]3c3ccc(Br)cc3)ncc2C(=O)O)cc1. The molecule has 1 aliphatic heterocycles. The van der Waals surface area contributed by atoms with Crippen molar-refractivity contribution in [1.82, 2.24) is 9.97 Å². The molecule has 0 saturated carbocycles. The summed E-state index contributed by atoms with van der Waals surface area (Å²) in [6.07, 6.45) is 4.68. The average Bonchev–Trinajstić information content (AvgIpc) is 3.32. The summed E-state index contributed by atoms with van der Waals surface area (Å²) in [5.74, 6) is 0.353. The second-order valence-corrected chi connectivity index (χ2v) is 8.94. The molecular formula is C25H27BrN4O3. The van der Waals surface area contributed by atoms with Gasteiger partial charge in [0, 0.05) is 23.8 Å². The van der Waals surface area contributed by atoms with E-state index in [9.17, 15) is 9.90 Å². The van der Waals surface area contributed by atoms with Gasteiger partial charge in [-0.15, -0.1) is 0 Å². The first-order chi connectivity index (χ1) is 16.0. The van der Waals surface area contributed by atoms with Crippen molar-refractivity contribution in [2.24, 2.45) is 5.73 Å². The Balaban J connectivity index is 1.53. The molecule has 1 saturated heterocycles. The molecule has 0 aliphatic carbocycles. The van der Waals surface area contributed by atoms with E-state index in [-0.39, 0.29) is 11.6 Å². The standard InChI is InChI=1S/C25H27BrN4O3/c26-19-8-6-18(7-9-19)23-2-1-14-30(23)25-28-16-21(24(31)32)22(29-25)12-5-17-3-10-20(11-4-17)33-15-13-27/h3-4,6-11,16,23H,1-2,5,12-15,27H2,(H,31,32)/t23-/m1/s1. The van der Waals surface area contributed by atoms with Gasteiger partial charge in [0.25, 0.3) is 0 Å². The number of nitrogens with zero attached hydrogens (tertiary/aromatic N) is 3. The predicted molar refractivity (Wildman–Crippen MR) is 131 cm³/mol. The molecular weight excluding hydrogens is 484 g/mol. The van der Waals surface area contributed by atoms with E-state index < -0.39 is 5.97 Å². The molecule has 1 aromatic heterocycles. The third-order valence-electron chi connectivity index (χ3n) is 5.81. The fourth-order valence-corrected chi connectivity index (χ4v) is 4.41. The first-order valence-electron chi connectivity index (χ1n) is 11.1. The molecule has 1 fully saturated rings. The molecule has 8 heteroatoms. The van der Waals surface area contributed by atoms with Crippen LogP contribution in [-0.2, 0) is 12.8 Å². The zero-order valence-electron chi connectivity index (χ0n) is 18.3. The number of carboxylic acid groups (broad SMARTS) is 1. The maximum Gasteiger partial charge on any atom is 0.339 e. The van der Waals surface area contributed by atoms with Gasteiger partial charge in [-0.25, -0.2) is 14.8 Å². The Kier molecular flexibility index (Phi) is 7.57. The van der Waals surface area contributed by atoms with Crippen LogP contribution in [0.15, 0.2) is 59.2 Å². The Morgan fingerprint density at radius 3 is 2.61 bits per heavy atom. The van der Waals surface area contributed by atoms with Gasteiger partial charge in [-0.1, -0.05) is 40.2 Å². The molecule has 0 amide bonds. The monoisotopic (exact) mass is 510 g/mol. The van der Waals surface area contributed by atoms with Crippen molar-refractivity contribution in [3.63, 3.8) is 0 Å². The maximum absolute atomic E-state index is 11.8. The van der Waals surface area contributed by atoms with E-state index >= 15 is 0 Å². The Morgan fingerprint density at radius 1 is 1.15 bits per heavy atom. The summed E-state index contributed by atoms with van der Waals surface area (Å²) in [5.41, 5.74) is 8.47. The van der Waals surface area contributed by atoms with E-state index in [0.29, 0.717) is 37.6 Å². The van der Waals surface area contributed by atoms with Gasteiger partial charge >= 0.3 is 5.97 Å². The lowest BCUT2D eigenvalue weighted by Gasteiger charge is -2.25. The highest BCUT2D eigenvalue weighted by Crippen LogP contribution is 2.35. The summed E-state index contributed by atoms with van der Waals surface area (Å²) in [5, 5.41) is 9.67. The van der Waals surface area contributed by atoms with Crippen molar-refractivity contribution in [2.75, 3.05) is 24.6 Å². The molecule has 3 N–H and O–H groups in total. The highest BCUT2D eigenvalue weighted by Gasteiger charge is 2.29. The molecule has 3 aromatic rings. The molecule has 4 rings (SSSR count). The average molecular weight is 511 g/mol. The number of nitrogens with two attached hydrogens (primary N) is 1. The molecule has 0 unspecified atom stereocenters. The fourth-order valence-electron chi connectivity index (χ4n) is 4.14. The summed E-state index contributed by atoms with van der Waals surface area (Å²) >= 11 is 3.49. The third-order valence-corrected chi connectivity index (χ3v) is 6.34. The summed E-state index contributed by atoms with van der Waals surface area (Å²) in [4.78, 5) is 23.1. The van der Waals surface area contributed by atoms with Crippen LogP contribution >= 0.6 is 15.9 Å². The van der Waals surface area contributed by atoms with Gasteiger partial charge in [0.2, 0.25) is 5.95 Å². The number of carboxylic acids is 1. The molecule has 33 heavy (non-hydrogen) atoms. The topological polar surface area (TPSA) is 102 Å². The number of hydrogen-bond acceptors (Lipinski definition) is 6. The number of anilines is 1. The molecule has 7 nitrogen and oxygen atoms in total. The highest BCUT2D eigenvalue weighted by atomic mass is 79.9. The van der Waals surface area contributed by atoms with Crippen molar-refractivity contribution in [1.29, 1.82) is 0 Å². The lowest BCUT2D eigenvalue weighted by Crippen LogP contribution is -2.25. The number of halogens is 1. The van der Waals surface area contributed by atoms with E-state index in [1.54, 1.807) is 0 Å². The molecule has 0 radical (unpaired) electrons. The second kappa shape index (κ2) is 10.8. The van der Waals surface area contributed by atoms with Gasteiger partial charge in [-0.05, 0) is 61.1 Å². The predicted octanol–water partition coefficient (Wildman–Crippen LogP) is 4.40. The Morgan fingerprint density at radius 2 is 1.91 bits per heavy atom. The lowest BCUT2D eigenvalue weighted by molar-refractivity contribution is 0.0694. The van der Waals surface area contributed by atoms with Crippen molar-refractivity contribution < 1.29 is 14.6 Å². The van der Waals surface area contributed by atoms with Crippen molar-refractivity contribution in [3.8, 4) is 5.75 Å². The van der Waals surface area contributed by atoms with Crippen LogP contribution < -0.4 is 15.4 Å². The summed E-state index contributed by atoms with van der Waals surface area (Å²) in [6.45, 7) is 1.79. The molecule has 0 spiro atoms. The minimum Gasteiger partial charge on any atom is -0.492 e. The lowest BCUT2D eigenvalue weighted by atomic mass is 10.0. The second-order valence-electron chi connectivity index (χ2n) is 8.02. The number of aromatic nitrogens is 2. The van der Waals surface area contributed by atoms with Crippen LogP contribution in [0.3, 0.4) is 0 Å². The Hall–Kier alpha value is -2.97. The van der Waals surface area contributed by atoms with Gasteiger partial charge in [0.1, 0.15) is 12.4 Å². The zero-order chi connectivity index (χ0) is 23.2. The quantitative estimate of drug-likeness (QED) is 0.439. The largest absolute Gasteiger partial charge is 0.492 e. The molecule has 2 aromatic carbocycles. The molecule has 0 bridgehead atoms. The highest BCUT2D eigenvalue weighted by molar-refractivity contribution is 9.10. The third kappa shape index (κ3) is 5.69. The van der Waals surface area contributed by atoms with Crippen LogP contribution in [-0.4, -0.2) is 40.7 Å². The number of aromatic carboxylic acids is 1. The van der Waals surface area contributed by atoms with Crippen LogP contribution in [0.25, 0.3) is 0 Å². The number of carbonyl (C=O) groups is 1. The van der Waals surface area contributed by atoms with Crippen LogP contribution in [0.1, 0.15) is 46.1 Å². The van der Waals surface area contributed by atoms with Crippen LogP contribution in [0.4, 0.5) is 5.95 Å². The van der Waals surface area contributed by atoms with Gasteiger partial charge in [-0.2, -0.15) is 0 Å². The van der Waals surface area contributed by atoms with Gasteiger partial charge in [-0.3, -0.25) is 0 Å². The maximum atomic E-state index is 11.8. The van der Waals surface area contributed by atoms with Crippen LogP contribution in [0.2, 0.25) is 0 Å². The minimum atomic E-state index is -1.01. The number of aryl methyl sites for hydroxylation is 2. The van der Waals surface area contributed by atoms with Crippen LogP contribution in [0, 0.1) is 0 Å². The van der Waals surface area contributed by atoms with E-state index in [1.165, 1.54) is 11.8 Å². The molecule has 1 aliphatic rings. The smallest absolute Gasteiger partial charge is 0.339 e. The Bertz CT molecular complexity index is 1090. The normalized spacial score (nSPS) is 15.6. The first-order valence-corrected chi connectivity index (χ1v) is 11.9. The van der Waals surface area contributed by atoms with Gasteiger partial charge < -0.3 is 20.5 Å². The molecule has 1 atom stereocenters. The summed E-state index contributed by atoms with van der Waals surface area (Å²) in [6, 6.07) is 16.3. The van der Waals surface area contributed by atoms with E-state index in [2.05, 4.69) is 37.9 Å². The van der Waals surface area contributed by atoms with Crippen LogP contribution in [0.5, 0.6) is 5.75 Å². The summed E-state index contributed by atoms with van der Waals surface area (Å²) in [7, 11) is 0. The van der Waals surface area contributed by atoms with Gasteiger partial charge in [0.05, 0.1) is 17.3 Å². The number of hydrogen-bond donors (Lipinski definition) is 2. The fraction of sp³-hybridized carbons (Fsp3) is 0.320. The first kappa shape index (κ1) is 23.2. The minimum absolute atomic E-state index is 0.154. The van der Waals surface area contributed by atoms with Gasteiger partial charge in [0.15, 0.2) is 0 Å². The Labute approximate surface area is 201 Å². The number of rotatable bonds is 9. The van der Waals surface area contributed by atoms with Crippen molar-refractivity contribution in [3.05, 3.63) is 81.6 Å². The number of benzene rings is 2. The van der Waals surface area contributed by atoms with E-state index in [0.717, 1.165) is 35.2 Å². The number of ether oxygens (including phenoxy) is 1. The molecule has 172 valence electrons. The van der Waals surface area contributed by atoms with Crippen molar-refractivity contribution >= 4 is 27.8 Å². The molecule has 2 heterocycles. The van der Waals surface area contributed by atoms with E-state index in [4.69, 9.17) is 15.5 Å². The summed E-state index contributed by atoms with van der Waals surface area (Å²) < 4.78 is 6.56. The van der Waals surface area contributed by atoms with Crippen molar-refractivity contribution in [2.45, 2.75) is 31.7 Å². The van der Waals surface area contributed by atoms with E-state index in [1.807, 2.05) is 36.4 Å².